The first-order chi connectivity index (χ1) is 48.8. The van der Waals surface area contributed by atoms with E-state index in [1.807, 2.05) is 50.9 Å². The number of rotatable bonds is 66. The highest BCUT2D eigenvalue weighted by Crippen LogP contribution is 2.23. The Labute approximate surface area is 621 Å². The van der Waals surface area contributed by atoms with Gasteiger partial charge in [-0.15, -0.1) is 0 Å². The first-order valence-electron chi connectivity index (χ1n) is 41.8. The smallest absolute Gasteiger partial charge is 0.348 e. The lowest BCUT2D eigenvalue weighted by Crippen LogP contribution is -2.27. The van der Waals surface area contributed by atoms with Crippen LogP contribution >= 0.6 is 0 Å². The Morgan fingerprint density at radius 1 is 0.337 bits per heavy atom. The largest absolute Gasteiger partial charge is 0.394 e. The van der Waals surface area contributed by atoms with Gasteiger partial charge in [-0.1, -0.05) is 282 Å². The minimum Gasteiger partial charge on any atom is -0.348 e. The molecule has 0 fully saturated rings. The van der Waals surface area contributed by atoms with Crippen LogP contribution < -0.4 is 10.6 Å². The number of unbranched alkanes of at least 4 members (excludes halogenated alkanes) is 44. The van der Waals surface area contributed by atoms with Crippen molar-refractivity contribution < 1.29 is 36.7 Å². The Balaban J connectivity index is 0.00000185. The third-order valence-corrected chi connectivity index (χ3v) is 19.6. The molecule has 2 rings (SSSR count). The SMILES string of the molecule is CCCCCCCC/C=C\CCCCCCCC(=O)NC(C)c1nc(C(=O)CCCCCCC/C=C\CCCCCCCC)n(C)c1C.CCCCCCCC/C=C\CCCCCCCC(=O)NC(C)c1nc(C(=O)CCCCCCC/C=C\CCCCCCCC)n(C)c1C.O=S(=O)(O)O. The number of nitrogens with zero attached hydrogens (tertiary/aromatic N) is 4. The molecule has 0 radical (unpaired) electrons. The number of carbonyl (C=O) groups excluding carboxylic acids is 4. The number of allylic oxidation sites excluding steroid dienone is 8. The van der Waals surface area contributed by atoms with Gasteiger partial charge in [0.05, 0.1) is 23.5 Å². The number of ketones is 2. The third-order valence-electron chi connectivity index (χ3n) is 19.6. The molecule has 2 heterocycles. The van der Waals surface area contributed by atoms with Gasteiger partial charge in [0.1, 0.15) is 0 Å². The Hall–Kier alpha value is -4.47. The van der Waals surface area contributed by atoms with Crippen LogP contribution in [0.15, 0.2) is 48.6 Å². The number of hydrogen-bond acceptors (Lipinski definition) is 8. The molecule has 2 amide bonds. The second kappa shape index (κ2) is 68.6. The van der Waals surface area contributed by atoms with Gasteiger partial charge in [0, 0.05) is 51.2 Å². The minimum atomic E-state index is -4.67. The molecule has 2 aromatic rings. The number of hydrogen-bond donors (Lipinski definition) is 4. The molecule has 0 spiro atoms. The number of imidazole rings is 2. The minimum absolute atomic E-state index is 0.0753. The van der Waals surface area contributed by atoms with E-state index in [1.165, 1.54) is 283 Å². The Morgan fingerprint density at radius 3 is 0.723 bits per heavy atom. The standard InChI is InChI=1S/2C43H77N3O2.H2O4S/c2*1-6-8-10-12-14-16-18-20-22-24-26-28-30-32-34-36-40(47)43-45-42(39(4)46(43)5)38(3)44-41(48)37-35-33-31-29-27-25-23-21-19-17-15-13-11-9-7-2;1-5(2,3)4/h2*20-23,38H,6-19,24-37H2,1-5H3,(H,44,48);(H2,1,2,3,4)/b2*22-20-,23-21-;. The van der Waals surface area contributed by atoms with Crippen molar-refractivity contribution >= 4 is 33.8 Å². The molecule has 15 heteroatoms. The van der Waals surface area contributed by atoms with Gasteiger partial charge in [-0.3, -0.25) is 28.3 Å². The number of nitrogens with one attached hydrogen (secondary N) is 2. The second-order valence-corrected chi connectivity index (χ2v) is 30.0. The molecule has 0 saturated carbocycles. The molecule has 4 N–H and O–H groups in total. The Kier molecular flexibility index (Phi) is 65.6. The zero-order valence-electron chi connectivity index (χ0n) is 66.9. The van der Waals surface area contributed by atoms with Crippen LogP contribution in [-0.2, 0) is 34.1 Å². The highest BCUT2D eigenvalue weighted by Gasteiger charge is 2.24. The monoisotopic (exact) mass is 1430 g/mol. The third kappa shape index (κ3) is 58.5. The molecule has 0 aromatic carbocycles. The van der Waals surface area contributed by atoms with E-state index in [-0.39, 0.29) is 35.5 Å². The number of Topliss-reactive ketones (excluding diaryl/α,β-unsaturated/α-hetero) is 2. The summed E-state index contributed by atoms with van der Waals surface area (Å²) in [6, 6.07) is -0.401. The van der Waals surface area contributed by atoms with Gasteiger partial charge in [-0.25, -0.2) is 9.97 Å². The van der Waals surface area contributed by atoms with Crippen LogP contribution in [0.2, 0.25) is 0 Å². The van der Waals surface area contributed by atoms with E-state index in [0.29, 0.717) is 37.3 Å². The van der Waals surface area contributed by atoms with Crippen LogP contribution in [0.1, 0.15) is 457 Å². The van der Waals surface area contributed by atoms with E-state index >= 15 is 0 Å². The van der Waals surface area contributed by atoms with Crippen LogP contribution in [-0.4, -0.2) is 60.0 Å². The average molecular weight is 1430 g/mol. The van der Waals surface area contributed by atoms with E-state index < -0.39 is 10.4 Å². The molecule has 2 aromatic heterocycles. The first-order valence-corrected chi connectivity index (χ1v) is 43.2. The molecule has 2 atom stereocenters. The topological polar surface area (TPSA) is 203 Å². The van der Waals surface area contributed by atoms with Gasteiger partial charge in [-0.2, -0.15) is 8.42 Å². The predicted molar refractivity (Wildman–Crippen MR) is 430 cm³/mol. The summed E-state index contributed by atoms with van der Waals surface area (Å²) >= 11 is 0. The molecule has 14 nitrogen and oxygen atoms in total. The highest BCUT2D eigenvalue weighted by molar-refractivity contribution is 7.79. The maximum absolute atomic E-state index is 13.0. The lowest BCUT2D eigenvalue weighted by atomic mass is 10.1. The van der Waals surface area contributed by atoms with E-state index in [1.54, 1.807) is 0 Å². The van der Waals surface area contributed by atoms with E-state index in [0.717, 1.165) is 74.1 Å². The summed E-state index contributed by atoms with van der Waals surface area (Å²) in [4.78, 5) is 60.7. The highest BCUT2D eigenvalue weighted by atomic mass is 32.3. The molecule has 101 heavy (non-hydrogen) atoms. The molecular weight excluding hydrogens is 1280 g/mol. The molecule has 584 valence electrons. The zero-order valence-corrected chi connectivity index (χ0v) is 67.7. The van der Waals surface area contributed by atoms with Crippen LogP contribution in [0, 0.1) is 13.8 Å². The summed E-state index contributed by atoms with van der Waals surface area (Å²) in [5.74, 6) is 1.41. The summed E-state index contributed by atoms with van der Waals surface area (Å²) in [5.41, 5.74) is 3.53. The van der Waals surface area contributed by atoms with Gasteiger partial charge in [0.15, 0.2) is 23.2 Å². The maximum Gasteiger partial charge on any atom is 0.394 e. The molecule has 2 unspecified atom stereocenters. The normalized spacial score (nSPS) is 12.4. The van der Waals surface area contributed by atoms with Crippen LogP contribution in [0.4, 0.5) is 0 Å². The van der Waals surface area contributed by atoms with Gasteiger partial charge in [-0.05, 0) is 156 Å². The molecular formula is C86H156N6O8S. The van der Waals surface area contributed by atoms with Crippen molar-refractivity contribution in [2.75, 3.05) is 0 Å². The van der Waals surface area contributed by atoms with Gasteiger partial charge in [0.25, 0.3) is 0 Å². The van der Waals surface area contributed by atoms with E-state index in [9.17, 15) is 19.2 Å². The fraction of sp³-hybridized carbons (Fsp3) is 0.791. The lowest BCUT2D eigenvalue weighted by molar-refractivity contribution is -0.122. The second-order valence-electron chi connectivity index (χ2n) is 29.1. The summed E-state index contributed by atoms with van der Waals surface area (Å²) in [6.07, 6.45) is 86.2. The first kappa shape index (κ1) is 96.5. The Bertz CT molecular complexity index is 2400. The molecule has 0 aliphatic rings. The van der Waals surface area contributed by atoms with Crippen LogP contribution in [0.3, 0.4) is 0 Å². The van der Waals surface area contributed by atoms with Gasteiger partial charge >= 0.3 is 10.4 Å². The number of aromatic nitrogens is 4. The maximum atomic E-state index is 13.0. The van der Waals surface area contributed by atoms with Gasteiger partial charge < -0.3 is 19.8 Å². The van der Waals surface area contributed by atoms with Crippen molar-refractivity contribution in [3.63, 3.8) is 0 Å². The van der Waals surface area contributed by atoms with Gasteiger partial charge in [0.2, 0.25) is 11.8 Å². The lowest BCUT2D eigenvalue weighted by Gasteiger charge is -2.13. The van der Waals surface area contributed by atoms with Crippen molar-refractivity contribution in [3.8, 4) is 0 Å². The van der Waals surface area contributed by atoms with Crippen molar-refractivity contribution in [3.05, 3.63) is 83.0 Å². The molecule has 0 aliphatic carbocycles. The fourth-order valence-corrected chi connectivity index (χ4v) is 12.9. The number of carbonyl (C=O) groups is 4. The van der Waals surface area contributed by atoms with Crippen molar-refractivity contribution in [2.24, 2.45) is 14.1 Å². The molecule has 0 saturated heterocycles. The summed E-state index contributed by atoms with van der Waals surface area (Å²) in [7, 11) is -0.835. The Morgan fingerprint density at radius 2 is 0.515 bits per heavy atom. The van der Waals surface area contributed by atoms with Crippen LogP contribution in [0.5, 0.6) is 0 Å². The quantitative estimate of drug-likeness (QED) is 0.0214. The van der Waals surface area contributed by atoms with E-state index in [4.69, 9.17) is 27.5 Å². The molecule has 0 aliphatic heterocycles. The van der Waals surface area contributed by atoms with E-state index in [2.05, 4.69) is 86.9 Å². The zero-order chi connectivity index (χ0) is 74.7. The molecule has 0 bridgehead atoms. The summed E-state index contributed by atoms with van der Waals surface area (Å²) < 4.78 is 35.4. The summed E-state index contributed by atoms with van der Waals surface area (Å²) in [5, 5.41) is 6.25. The summed E-state index contributed by atoms with van der Waals surface area (Å²) in [6.45, 7) is 17.0. The van der Waals surface area contributed by atoms with Crippen molar-refractivity contribution in [1.82, 2.24) is 29.7 Å². The van der Waals surface area contributed by atoms with Crippen molar-refractivity contribution in [1.29, 1.82) is 0 Å². The fourth-order valence-electron chi connectivity index (χ4n) is 12.9. The number of amides is 2. The van der Waals surface area contributed by atoms with Crippen molar-refractivity contribution in [2.45, 2.75) is 427 Å². The predicted octanol–water partition coefficient (Wildman–Crippen LogP) is 25.7. The van der Waals surface area contributed by atoms with Crippen LogP contribution in [0.25, 0.3) is 0 Å². The average Bonchev–Trinajstić information content (AvgIpc) is 1.68.